The maximum atomic E-state index is 14.7. The lowest BCUT2D eigenvalue weighted by Crippen LogP contribution is -2.69. The Morgan fingerprint density at radius 2 is 1.65 bits per heavy atom. The monoisotopic (exact) mass is 703 g/mol. The van der Waals surface area contributed by atoms with Crippen LogP contribution in [0.1, 0.15) is 138 Å². The summed E-state index contributed by atoms with van der Waals surface area (Å²) in [4.78, 5) is 29.3. The van der Waals surface area contributed by atoms with Gasteiger partial charge in [0.1, 0.15) is 17.6 Å². The fourth-order valence-corrected chi connectivity index (χ4v) is 13.6. The first kappa shape index (κ1) is 37.3. The van der Waals surface area contributed by atoms with Crippen LogP contribution in [0, 0.1) is 45.3 Å². The van der Waals surface area contributed by atoms with Crippen LogP contribution in [0.4, 0.5) is 0 Å². The molecule has 0 radical (unpaired) electrons. The van der Waals surface area contributed by atoms with Crippen molar-refractivity contribution in [2.24, 2.45) is 45.3 Å². The van der Waals surface area contributed by atoms with E-state index in [2.05, 4.69) is 39.9 Å². The number of rotatable bonds is 9. The highest BCUT2D eigenvalue weighted by Gasteiger charge is 2.71. The second-order valence-corrected chi connectivity index (χ2v) is 19.8. The number of ketones is 2. The van der Waals surface area contributed by atoms with Crippen LogP contribution in [0.5, 0.6) is 5.75 Å². The standard InChI is InChI=1S/C44H65NO6/c1-25(46)24-45-32-22-44(8)35(42(6)21-30(27-15-12-16-28(47)19-27)38(50)40(2,3)37(32)42)18-17-31-36(34(49)23-43(31,44)7)29(26-13-10-9-11-14-26)20-33(48)39-41(4,5)51-39/h12,15-16,19,25-26,29-30,32-33,35,37,39,45-48H,9-11,13-14,17-18,20-24H2,1-8H3. The first-order valence-corrected chi connectivity index (χ1v) is 20.2. The number of phenols is 1. The minimum Gasteiger partial charge on any atom is -0.508 e. The largest absolute Gasteiger partial charge is 0.508 e. The summed E-state index contributed by atoms with van der Waals surface area (Å²) in [6.07, 6.45) is 8.97. The number of ether oxygens (including phenoxy) is 1. The van der Waals surface area contributed by atoms with Gasteiger partial charge in [-0.25, -0.2) is 0 Å². The molecule has 0 amide bonds. The van der Waals surface area contributed by atoms with Gasteiger partial charge in [-0.15, -0.1) is 0 Å². The molecule has 7 heteroatoms. The molecule has 51 heavy (non-hydrogen) atoms. The molecule has 0 spiro atoms. The van der Waals surface area contributed by atoms with E-state index in [9.17, 15) is 24.9 Å². The molecule has 6 aliphatic rings. The number of aliphatic hydroxyl groups is 2. The average molecular weight is 704 g/mol. The van der Waals surface area contributed by atoms with Crippen molar-refractivity contribution in [2.75, 3.05) is 6.54 Å². The Morgan fingerprint density at radius 3 is 2.27 bits per heavy atom. The summed E-state index contributed by atoms with van der Waals surface area (Å²) >= 11 is 0. The van der Waals surface area contributed by atoms with E-state index in [1.165, 1.54) is 24.8 Å². The van der Waals surface area contributed by atoms with Gasteiger partial charge in [-0.2, -0.15) is 0 Å². The molecule has 11 unspecified atom stereocenters. The van der Waals surface area contributed by atoms with Crippen LogP contribution < -0.4 is 5.32 Å². The maximum Gasteiger partial charge on any atom is 0.160 e. The zero-order valence-electron chi connectivity index (χ0n) is 32.6. The molecule has 1 aromatic carbocycles. The number of benzene rings is 1. The molecule has 5 aliphatic carbocycles. The Balaban J connectivity index is 1.32. The highest BCUT2D eigenvalue weighted by Crippen LogP contribution is 2.75. The van der Waals surface area contributed by atoms with Gasteiger partial charge in [-0.1, -0.05) is 71.6 Å². The molecular weight excluding hydrogens is 638 g/mol. The molecule has 7 rings (SSSR count). The molecule has 1 aliphatic heterocycles. The van der Waals surface area contributed by atoms with Gasteiger partial charge < -0.3 is 25.4 Å². The second kappa shape index (κ2) is 12.8. The summed E-state index contributed by atoms with van der Waals surface area (Å²) in [5.74, 6) is 1.12. The summed E-state index contributed by atoms with van der Waals surface area (Å²) in [6.45, 7) is 17.9. The summed E-state index contributed by atoms with van der Waals surface area (Å²) in [5.41, 5.74) is 1.47. The third-order valence-electron chi connectivity index (χ3n) is 15.9. The highest BCUT2D eigenvalue weighted by molar-refractivity contribution is 6.01. The van der Waals surface area contributed by atoms with E-state index >= 15 is 0 Å². The van der Waals surface area contributed by atoms with Crippen molar-refractivity contribution >= 4 is 11.6 Å². The van der Waals surface area contributed by atoms with Crippen molar-refractivity contribution in [3.05, 3.63) is 41.0 Å². The van der Waals surface area contributed by atoms with E-state index in [0.29, 0.717) is 31.7 Å². The lowest BCUT2D eigenvalue weighted by atomic mass is 9.34. The number of hydrogen-bond donors (Lipinski definition) is 4. The number of hydrogen-bond acceptors (Lipinski definition) is 7. The number of fused-ring (bicyclic) bond motifs is 5. The van der Waals surface area contributed by atoms with E-state index in [4.69, 9.17) is 4.74 Å². The van der Waals surface area contributed by atoms with E-state index in [1.54, 1.807) is 12.1 Å². The molecule has 4 N–H and O–H groups in total. The zero-order valence-corrected chi connectivity index (χ0v) is 32.6. The van der Waals surface area contributed by atoms with Crippen LogP contribution in [0.25, 0.3) is 0 Å². The van der Waals surface area contributed by atoms with Gasteiger partial charge in [0.15, 0.2) is 5.78 Å². The minimum absolute atomic E-state index is 0.0181. The first-order chi connectivity index (χ1) is 23.8. The first-order valence-electron chi connectivity index (χ1n) is 20.2. The summed E-state index contributed by atoms with van der Waals surface area (Å²) in [7, 11) is 0. The van der Waals surface area contributed by atoms with Crippen molar-refractivity contribution in [3.8, 4) is 5.75 Å². The van der Waals surface area contributed by atoms with Crippen molar-refractivity contribution in [3.63, 3.8) is 0 Å². The molecule has 1 heterocycles. The molecule has 7 nitrogen and oxygen atoms in total. The van der Waals surface area contributed by atoms with Crippen LogP contribution >= 0.6 is 0 Å². The SMILES string of the molecule is CC(O)CNC1CC2(C)C(CCC3=C(C(CC(O)C4OC4(C)C)C4CCCCC4)C(=O)CC32C)C2(C)CC(c3cccc(O)c3)C(=O)C(C)(C)C12. The van der Waals surface area contributed by atoms with Crippen molar-refractivity contribution in [1.29, 1.82) is 0 Å². The maximum absolute atomic E-state index is 14.7. The van der Waals surface area contributed by atoms with E-state index < -0.39 is 17.6 Å². The van der Waals surface area contributed by atoms with Gasteiger partial charge in [0.05, 0.1) is 17.8 Å². The second-order valence-electron chi connectivity index (χ2n) is 19.8. The normalized spacial score (nSPS) is 40.6. The molecule has 4 saturated carbocycles. The van der Waals surface area contributed by atoms with Crippen LogP contribution in [0.15, 0.2) is 35.4 Å². The highest BCUT2D eigenvalue weighted by atomic mass is 16.6. The number of Topliss-reactive ketones (excluding diaryl/α,β-unsaturated/α-hetero) is 2. The fraction of sp³-hybridized carbons (Fsp3) is 0.773. The average Bonchev–Trinajstić information content (AvgIpc) is 3.61. The third kappa shape index (κ3) is 5.90. The van der Waals surface area contributed by atoms with E-state index in [-0.39, 0.29) is 75.0 Å². The topological polar surface area (TPSA) is 119 Å². The van der Waals surface area contributed by atoms with Crippen LogP contribution in [0.2, 0.25) is 0 Å². The van der Waals surface area contributed by atoms with Crippen molar-refractivity contribution in [2.45, 2.75) is 162 Å². The Bertz CT molecular complexity index is 1570. The molecular formula is C44H65NO6. The summed E-state index contributed by atoms with van der Waals surface area (Å²) < 4.78 is 5.93. The molecule has 282 valence electrons. The molecule has 1 aromatic rings. The van der Waals surface area contributed by atoms with Crippen molar-refractivity contribution in [1.82, 2.24) is 5.32 Å². The van der Waals surface area contributed by atoms with Crippen LogP contribution in [-0.2, 0) is 14.3 Å². The summed E-state index contributed by atoms with van der Waals surface area (Å²) in [6, 6.07) is 7.26. The molecule has 5 fully saturated rings. The number of epoxide rings is 1. The number of phenolic OH excluding ortho intramolecular Hbond substituents is 1. The zero-order chi connectivity index (χ0) is 36.9. The van der Waals surface area contributed by atoms with Gasteiger partial charge in [-0.3, -0.25) is 9.59 Å². The Labute approximate surface area is 306 Å². The predicted octanol–water partition coefficient (Wildman–Crippen LogP) is 7.66. The fourth-order valence-electron chi connectivity index (χ4n) is 13.6. The smallest absolute Gasteiger partial charge is 0.160 e. The van der Waals surface area contributed by atoms with Gasteiger partial charge in [0, 0.05) is 35.8 Å². The Kier molecular flexibility index (Phi) is 9.33. The summed E-state index contributed by atoms with van der Waals surface area (Å²) in [5, 5.41) is 36.3. The number of nitrogens with one attached hydrogen (secondary N) is 1. The third-order valence-corrected chi connectivity index (χ3v) is 15.9. The lowest BCUT2D eigenvalue weighted by Gasteiger charge is -2.70. The lowest BCUT2D eigenvalue weighted by molar-refractivity contribution is -0.193. The predicted molar refractivity (Wildman–Crippen MR) is 199 cm³/mol. The van der Waals surface area contributed by atoms with Gasteiger partial charge in [0.2, 0.25) is 0 Å². The number of carbonyl (C=O) groups excluding carboxylic acids is 2. The molecule has 0 aromatic heterocycles. The molecule has 0 bridgehead atoms. The number of allylic oxidation sites excluding steroid dienone is 2. The molecule has 11 atom stereocenters. The Hall–Kier alpha value is -2.06. The number of aliphatic hydroxyl groups excluding tert-OH is 2. The van der Waals surface area contributed by atoms with E-state index in [1.807, 2.05) is 32.9 Å². The molecule has 1 saturated heterocycles. The quantitative estimate of drug-likeness (QED) is 0.195. The van der Waals surface area contributed by atoms with E-state index in [0.717, 1.165) is 43.2 Å². The van der Waals surface area contributed by atoms with Gasteiger partial charge in [-0.05, 0) is 123 Å². The number of aromatic hydroxyl groups is 1. The van der Waals surface area contributed by atoms with Crippen LogP contribution in [-0.4, -0.2) is 63.4 Å². The van der Waals surface area contributed by atoms with Crippen LogP contribution in [0.3, 0.4) is 0 Å². The van der Waals surface area contributed by atoms with Crippen molar-refractivity contribution < 1.29 is 29.6 Å². The Morgan fingerprint density at radius 1 is 0.961 bits per heavy atom. The van der Waals surface area contributed by atoms with Gasteiger partial charge >= 0.3 is 0 Å². The van der Waals surface area contributed by atoms with Gasteiger partial charge in [0.25, 0.3) is 0 Å². The number of carbonyl (C=O) groups is 2. The minimum atomic E-state index is -0.643.